The second-order valence-corrected chi connectivity index (χ2v) is 6.88. The highest BCUT2D eigenvalue weighted by molar-refractivity contribution is 6.33. The Morgan fingerprint density at radius 2 is 1.96 bits per heavy atom. The summed E-state index contributed by atoms with van der Waals surface area (Å²) in [4.78, 5) is 23.4. The van der Waals surface area contributed by atoms with Gasteiger partial charge in [0.2, 0.25) is 0 Å². The van der Waals surface area contributed by atoms with Crippen LogP contribution >= 0.6 is 11.6 Å². The van der Waals surface area contributed by atoms with Gasteiger partial charge >= 0.3 is 0 Å². The molecule has 0 unspecified atom stereocenters. The van der Waals surface area contributed by atoms with Crippen molar-refractivity contribution in [1.29, 1.82) is 0 Å². The van der Waals surface area contributed by atoms with Crippen LogP contribution in [0.5, 0.6) is 0 Å². The van der Waals surface area contributed by atoms with Crippen LogP contribution in [0.1, 0.15) is 12.8 Å². The molecule has 5 nitrogen and oxygen atoms in total. The summed E-state index contributed by atoms with van der Waals surface area (Å²) in [6.07, 6.45) is 7.18. The van der Waals surface area contributed by atoms with Gasteiger partial charge in [-0.1, -0.05) is 23.7 Å². The standard InChI is InChI=1S/C19H19ClN4O/c20-16-11-21-8-5-18(16)23-9-6-14(7-10-23)12-24-13-22-17-4-2-1-3-15(17)19(24)25/h1-5,8,11,13-14H,6-7,9-10,12H2. The minimum Gasteiger partial charge on any atom is -0.370 e. The molecular weight excluding hydrogens is 336 g/mol. The molecule has 1 fully saturated rings. The van der Waals surface area contributed by atoms with Gasteiger partial charge in [0.05, 0.1) is 27.9 Å². The Morgan fingerprint density at radius 1 is 1.16 bits per heavy atom. The topological polar surface area (TPSA) is 51.0 Å². The molecule has 6 heteroatoms. The monoisotopic (exact) mass is 354 g/mol. The van der Waals surface area contributed by atoms with Crippen LogP contribution in [-0.4, -0.2) is 27.6 Å². The summed E-state index contributed by atoms with van der Waals surface area (Å²) < 4.78 is 1.75. The van der Waals surface area contributed by atoms with E-state index in [-0.39, 0.29) is 5.56 Å². The number of anilines is 1. The van der Waals surface area contributed by atoms with Gasteiger partial charge < -0.3 is 4.90 Å². The maximum atomic E-state index is 12.6. The second kappa shape index (κ2) is 6.84. The molecule has 0 aliphatic carbocycles. The molecule has 0 atom stereocenters. The third-order valence-electron chi connectivity index (χ3n) is 4.89. The molecule has 0 radical (unpaired) electrons. The van der Waals surface area contributed by atoms with Crippen molar-refractivity contribution in [1.82, 2.24) is 14.5 Å². The van der Waals surface area contributed by atoms with Crippen molar-refractivity contribution >= 4 is 28.2 Å². The Kier molecular flexibility index (Phi) is 4.40. The zero-order chi connectivity index (χ0) is 17.2. The van der Waals surface area contributed by atoms with Crippen molar-refractivity contribution in [2.24, 2.45) is 5.92 Å². The largest absolute Gasteiger partial charge is 0.370 e. The minimum absolute atomic E-state index is 0.0465. The normalized spacial score (nSPS) is 15.6. The van der Waals surface area contributed by atoms with E-state index in [1.165, 1.54) is 0 Å². The number of aromatic nitrogens is 3. The Balaban J connectivity index is 1.46. The van der Waals surface area contributed by atoms with Crippen LogP contribution in [0, 0.1) is 5.92 Å². The molecule has 2 aromatic heterocycles. The number of hydrogen-bond donors (Lipinski definition) is 0. The summed E-state index contributed by atoms with van der Waals surface area (Å²) in [6.45, 7) is 2.59. The van der Waals surface area contributed by atoms with E-state index in [9.17, 15) is 4.79 Å². The third-order valence-corrected chi connectivity index (χ3v) is 5.18. The van der Waals surface area contributed by atoms with E-state index < -0.39 is 0 Å². The first kappa shape index (κ1) is 16.1. The van der Waals surface area contributed by atoms with Gasteiger partial charge in [0.15, 0.2) is 0 Å². The molecule has 0 amide bonds. The van der Waals surface area contributed by atoms with Crippen LogP contribution in [0.4, 0.5) is 5.69 Å². The Morgan fingerprint density at radius 3 is 2.76 bits per heavy atom. The van der Waals surface area contributed by atoms with Crippen LogP contribution in [0.2, 0.25) is 5.02 Å². The van der Waals surface area contributed by atoms with Crippen molar-refractivity contribution < 1.29 is 0 Å². The van der Waals surface area contributed by atoms with E-state index in [2.05, 4.69) is 14.9 Å². The summed E-state index contributed by atoms with van der Waals surface area (Å²) in [7, 11) is 0. The smallest absolute Gasteiger partial charge is 0.261 e. The van der Waals surface area contributed by atoms with Crippen LogP contribution in [0.25, 0.3) is 10.9 Å². The molecule has 1 aliphatic rings. The maximum Gasteiger partial charge on any atom is 0.261 e. The molecule has 1 aliphatic heterocycles. The highest BCUT2D eigenvalue weighted by Gasteiger charge is 2.21. The first-order valence-electron chi connectivity index (χ1n) is 8.51. The Hall–Kier alpha value is -2.40. The molecule has 3 aromatic rings. The summed E-state index contributed by atoms with van der Waals surface area (Å²) >= 11 is 6.24. The van der Waals surface area contributed by atoms with E-state index in [0.717, 1.165) is 37.1 Å². The van der Waals surface area contributed by atoms with Gasteiger partial charge in [0, 0.05) is 32.0 Å². The van der Waals surface area contributed by atoms with Crippen LogP contribution < -0.4 is 10.5 Å². The Labute approximate surface area is 150 Å². The van der Waals surface area contributed by atoms with Crippen LogP contribution in [0.15, 0.2) is 53.8 Å². The quantitative estimate of drug-likeness (QED) is 0.723. The number of nitrogens with zero attached hydrogens (tertiary/aromatic N) is 4. The summed E-state index contributed by atoms with van der Waals surface area (Å²) in [5, 5.41) is 1.38. The lowest BCUT2D eigenvalue weighted by molar-refractivity contribution is 0.352. The van der Waals surface area contributed by atoms with Crippen molar-refractivity contribution in [3.63, 3.8) is 0 Å². The number of hydrogen-bond acceptors (Lipinski definition) is 4. The van der Waals surface area contributed by atoms with E-state index in [1.807, 2.05) is 30.3 Å². The lowest BCUT2D eigenvalue weighted by atomic mass is 9.96. The predicted octanol–water partition coefficient (Wildman–Crippen LogP) is 3.36. The number of rotatable bonds is 3. The molecule has 0 bridgehead atoms. The number of fused-ring (bicyclic) bond motifs is 1. The number of benzene rings is 1. The van der Waals surface area contributed by atoms with Crippen molar-refractivity contribution in [3.05, 3.63) is 64.4 Å². The van der Waals surface area contributed by atoms with Crippen LogP contribution in [0.3, 0.4) is 0 Å². The molecule has 0 spiro atoms. The first-order chi connectivity index (χ1) is 12.2. The fourth-order valence-corrected chi connectivity index (χ4v) is 3.73. The number of piperidine rings is 1. The number of pyridine rings is 1. The number of para-hydroxylation sites is 1. The van der Waals surface area contributed by atoms with Crippen molar-refractivity contribution in [2.75, 3.05) is 18.0 Å². The summed E-state index contributed by atoms with van der Waals surface area (Å²) in [5.41, 5.74) is 1.84. The van der Waals surface area contributed by atoms with Gasteiger partial charge in [-0.3, -0.25) is 14.3 Å². The zero-order valence-electron chi connectivity index (χ0n) is 13.8. The van der Waals surface area contributed by atoms with Gasteiger partial charge in [-0.15, -0.1) is 0 Å². The molecule has 4 rings (SSSR count). The van der Waals surface area contributed by atoms with Crippen molar-refractivity contribution in [2.45, 2.75) is 19.4 Å². The highest BCUT2D eigenvalue weighted by Crippen LogP contribution is 2.29. The van der Waals surface area contributed by atoms with E-state index in [0.29, 0.717) is 22.9 Å². The lowest BCUT2D eigenvalue weighted by Gasteiger charge is -2.34. The highest BCUT2D eigenvalue weighted by atomic mass is 35.5. The van der Waals surface area contributed by atoms with Gasteiger partial charge in [0.25, 0.3) is 5.56 Å². The Bertz CT molecular complexity index is 947. The average Bonchev–Trinajstić information content (AvgIpc) is 2.65. The lowest BCUT2D eigenvalue weighted by Crippen LogP contribution is -2.36. The maximum absolute atomic E-state index is 12.6. The molecule has 1 saturated heterocycles. The SMILES string of the molecule is O=c1c2ccccc2ncn1CC1CCN(c2ccncc2Cl)CC1. The van der Waals surface area contributed by atoms with E-state index in [1.54, 1.807) is 23.3 Å². The van der Waals surface area contributed by atoms with Gasteiger partial charge in [0.1, 0.15) is 0 Å². The van der Waals surface area contributed by atoms with Gasteiger partial charge in [-0.25, -0.2) is 4.98 Å². The zero-order valence-corrected chi connectivity index (χ0v) is 14.6. The summed E-state index contributed by atoms with van der Waals surface area (Å²) in [6, 6.07) is 9.46. The second-order valence-electron chi connectivity index (χ2n) is 6.48. The summed E-state index contributed by atoms with van der Waals surface area (Å²) in [5.74, 6) is 0.470. The fourth-order valence-electron chi connectivity index (χ4n) is 3.50. The predicted molar refractivity (Wildman–Crippen MR) is 100 cm³/mol. The molecule has 25 heavy (non-hydrogen) atoms. The van der Waals surface area contributed by atoms with E-state index >= 15 is 0 Å². The van der Waals surface area contributed by atoms with Crippen LogP contribution in [-0.2, 0) is 6.54 Å². The van der Waals surface area contributed by atoms with Crippen molar-refractivity contribution in [3.8, 4) is 0 Å². The van der Waals surface area contributed by atoms with E-state index in [4.69, 9.17) is 11.6 Å². The molecule has 128 valence electrons. The van der Waals surface area contributed by atoms with Gasteiger partial charge in [-0.2, -0.15) is 0 Å². The average molecular weight is 355 g/mol. The fraction of sp³-hybridized carbons (Fsp3) is 0.316. The molecule has 3 heterocycles. The third kappa shape index (κ3) is 3.24. The minimum atomic E-state index is 0.0465. The number of halogens is 1. The van der Waals surface area contributed by atoms with Gasteiger partial charge in [-0.05, 0) is 37.0 Å². The molecule has 1 aromatic carbocycles. The molecule has 0 N–H and O–H groups in total. The molecular formula is C19H19ClN4O. The first-order valence-corrected chi connectivity index (χ1v) is 8.89. The molecule has 0 saturated carbocycles.